The highest BCUT2D eigenvalue weighted by Crippen LogP contribution is 2.55. The van der Waals surface area contributed by atoms with Crippen LogP contribution in [0, 0.1) is 5.82 Å². The molecule has 0 unspecified atom stereocenters. The molecule has 0 amide bonds. The highest BCUT2D eigenvalue weighted by Gasteiger charge is 2.19. The molecule has 3 rings (SSSR count). The molecular weight excluding hydrogens is 315 g/mol. The summed E-state index contributed by atoms with van der Waals surface area (Å²) in [4.78, 5) is 0.748. The van der Waals surface area contributed by atoms with E-state index >= 15 is 0 Å². The quantitative estimate of drug-likeness (QED) is 0.677. The van der Waals surface area contributed by atoms with Gasteiger partial charge in [-0.1, -0.05) is 0 Å². The van der Waals surface area contributed by atoms with Crippen LogP contribution in [0.2, 0.25) is 0 Å². The zero-order valence-corrected chi connectivity index (χ0v) is 13.5. The summed E-state index contributed by atoms with van der Waals surface area (Å²) in [5, 5.41) is 6.79. The van der Waals surface area contributed by atoms with Crippen molar-refractivity contribution in [3.05, 3.63) is 54.3 Å². The topological polar surface area (TPSA) is 64.5 Å². The Morgan fingerprint density at radius 1 is 0.913 bits per heavy atom. The van der Waals surface area contributed by atoms with Crippen molar-refractivity contribution in [3.8, 4) is 0 Å². The maximum Gasteiger partial charge on any atom is 0.123 e. The Morgan fingerprint density at radius 2 is 1.43 bits per heavy atom. The average Bonchev–Trinajstić information content (AvgIpc) is 2.57. The van der Waals surface area contributed by atoms with Gasteiger partial charge in [0.2, 0.25) is 0 Å². The highest BCUT2D eigenvalue weighted by atomic mass is 32.3. The lowest BCUT2D eigenvalue weighted by Gasteiger charge is -2.33. The van der Waals surface area contributed by atoms with E-state index in [0.29, 0.717) is 15.8 Å². The minimum atomic E-state index is -3.11. The summed E-state index contributed by atoms with van der Waals surface area (Å²) >= 11 is 0. The van der Waals surface area contributed by atoms with Gasteiger partial charge in [0, 0.05) is 11.7 Å². The summed E-state index contributed by atoms with van der Waals surface area (Å²) in [5.74, 6) is -0.398. The summed E-state index contributed by atoms with van der Waals surface area (Å²) in [6.45, 7) is 2.03. The molecule has 124 valence electrons. The molecule has 0 aromatic heterocycles. The number of benzene rings is 2. The van der Waals surface area contributed by atoms with Crippen molar-refractivity contribution in [2.45, 2.75) is 28.7 Å². The van der Waals surface area contributed by atoms with E-state index in [1.165, 1.54) is 24.3 Å². The van der Waals surface area contributed by atoms with Crippen molar-refractivity contribution in [3.63, 3.8) is 0 Å². The Bertz CT molecular complexity index is 641. The Balaban J connectivity index is 1.73. The molecule has 1 heterocycles. The smallest absolute Gasteiger partial charge is 0.123 e. The zero-order chi connectivity index (χ0) is 16.3. The second-order valence-corrected chi connectivity index (χ2v) is 7.74. The molecule has 0 spiro atoms. The first-order chi connectivity index (χ1) is 11.1. The number of anilines is 1. The summed E-state index contributed by atoms with van der Waals surface area (Å²) in [6, 6.07) is 12.9. The van der Waals surface area contributed by atoms with Gasteiger partial charge in [0.05, 0.1) is 9.79 Å². The van der Waals surface area contributed by atoms with Crippen molar-refractivity contribution in [2.75, 3.05) is 18.4 Å². The van der Waals surface area contributed by atoms with E-state index in [1.54, 1.807) is 12.1 Å². The lowest BCUT2D eigenvalue weighted by atomic mass is 10.1. The molecule has 0 radical (unpaired) electrons. The number of hydrogen-bond donors (Lipinski definition) is 4. The molecule has 6 heteroatoms. The number of piperidine rings is 1. The van der Waals surface area contributed by atoms with E-state index in [0.717, 1.165) is 31.6 Å². The first-order valence-electron chi connectivity index (χ1n) is 7.67. The molecule has 4 N–H and O–H groups in total. The fourth-order valence-electron chi connectivity index (χ4n) is 2.70. The van der Waals surface area contributed by atoms with Crippen LogP contribution in [0.3, 0.4) is 0 Å². The molecule has 1 aliphatic heterocycles. The minimum absolute atomic E-state index is 0.318. The fraction of sp³-hybridized carbons (Fsp3) is 0.294. The van der Waals surface area contributed by atoms with Crippen LogP contribution in [0.1, 0.15) is 12.8 Å². The first kappa shape index (κ1) is 16.3. The molecule has 0 bridgehead atoms. The zero-order valence-electron chi connectivity index (χ0n) is 12.7. The van der Waals surface area contributed by atoms with Gasteiger partial charge in [-0.05, 0) is 74.5 Å². The van der Waals surface area contributed by atoms with Gasteiger partial charge in [0.15, 0.2) is 0 Å². The van der Waals surface area contributed by atoms with Crippen molar-refractivity contribution in [1.29, 1.82) is 0 Å². The molecule has 0 aliphatic carbocycles. The number of rotatable bonds is 4. The van der Waals surface area contributed by atoms with Crippen molar-refractivity contribution >= 4 is 16.3 Å². The molecule has 1 aliphatic rings. The maximum absolute atomic E-state index is 13.0. The minimum Gasteiger partial charge on any atom is -0.382 e. The van der Waals surface area contributed by atoms with E-state index in [1.807, 2.05) is 12.1 Å². The van der Waals surface area contributed by atoms with Gasteiger partial charge in [0.25, 0.3) is 0 Å². The van der Waals surface area contributed by atoms with Gasteiger partial charge >= 0.3 is 0 Å². The standard InChI is InChI=1S/C17H21FN2O2S/c18-13-1-5-16(6-2-13)23(21,22)17-7-3-14(4-8-17)20-15-9-11-19-12-10-15/h1-8,15,19-22H,9-12H2. The molecule has 2 aromatic carbocycles. The van der Waals surface area contributed by atoms with E-state index < -0.39 is 16.4 Å². The largest absolute Gasteiger partial charge is 0.382 e. The first-order valence-corrected chi connectivity index (χ1v) is 9.21. The predicted octanol–water partition coefficient (Wildman–Crippen LogP) is 4.16. The van der Waals surface area contributed by atoms with E-state index in [9.17, 15) is 13.5 Å². The molecule has 1 saturated heterocycles. The van der Waals surface area contributed by atoms with Crippen LogP contribution in [0.5, 0.6) is 0 Å². The third kappa shape index (κ3) is 3.84. The Hall–Kier alpha value is -1.60. The number of halogens is 1. The molecule has 1 fully saturated rings. The molecule has 0 atom stereocenters. The Kier molecular flexibility index (Phi) is 4.87. The van der Waals surface area contributed by atoms with E-state index in [-0.39, 0.29) is 0 Å². The van der Waals surface area contributed by atoms with Gasteiger partial charge in [-0.15, -0.1) is 10.6 Å². The van der Waals surface area contributed by atoms with Crippen molar-refractivity contribution in [2.24, 2.45) is 0 Å². The lowest BCUT2D eigenvalue weighted by molar-refractivity contribution is 0.479. The third-order valence-corrected chi connectivity index (χ3v) is 5.89. The van der Waals surface area contributed by atoms with Crippen LogP contribution >= 0.6 is 10.6 Å². The molecule has 2 aromatic rings. The second-order valence-electron chi connectivity index (χ2n) is 5.70. The summed E-state index contributed by atoms with van der Waals surface area (Å²) < 4.78 is 33.9. The van der Waals surface area contributed by atoms with E-state index in [2.05, 4.69) is 10.6 Å². The normalized spacial score (nSPS) is 17.0. The Morgan fingerprint density at radius 3 is 2.00 bits per heavy atom. The number of hydrogen-bond acceptors (Lipinski definition) is 4. The molecule has 23 heavy (non-hydrogen) atoms. The van der Waals surface area contributed by atoms with Gasteiger partial charge < -0.3 is 10.6 Å². The summed E-state index contributed by atoms with van der Waals surface area (Å²) in [7, 11) is -3.11. The van der Waals surface area contributed by atoms with Crippen molar-refractivity contribution in [1.82, 2.24) is 5.32 Å². The molecule has 4 nitrogen and oxygen atoms in total. The summed E-state index contributed by atoms with van der Waals surface area (Å²) in [5.41, 5.74) is 0.968. The van der Waals surface area contributed by atoms with Crippen molar-refractivity contribution < 1.29 is 13.5 Å². The van der Waals surface area contributed by atoms with E-state index in [4.69, 9.17) is 0 Å². The molecular formula is C17H21FN2O2S. The van der Waals surface area contributed by atoms with Crippen LogP contribution in [-0.4, -0.2) is 28.2 Å². The van der Waals surface area contributed by atoms with Crippen LogP contribution in [0.25, 0.3) is 0 Å². The van der Waals surface area contributed by atoms with Gasteiger partial charge in [-0.3, -0.25) is 9.11 Å². The third-order valence-electron chi connectivity index (χ3n) is 4.04. The van der Waals surface area contributed by atoms with Gasteiger partial charge in [-0.25, -0.2) is 4.39 Å². The average molecular weight is 336 g/mol. The SMILES string of the molecule is OS(O)(c1ccc(F)cc1)c1ccc(NC2CCNCC2)cc1. The highest BCUT2D eigenvalue weighted by molar-refractivity contribution is 8.24. The van der Waals surface area contributed by atoms with Crippen LogP contribution in [-0.2, 0) is 0 Å². The lowest BCUT2D eigenvalue weighted by Crippen LogP contribution is -2.35. The predicted molar refractivity (Wildman–Crippen MR) is 91.7 cm³/mol. The second kappa shape index (κ2) is 6.88. The monoisotopic (exact) mass is 336 g/mol. The maximum atomic E-state index is 13.0. The summed E-state index contributed by atoms with van der Waals surface area (Å²) in [6.07, 6.45) is 2.15. The molecule has 0 saturated carbocycles. The van der Waals surface area contributed by atoms with Gasteiger partial charge in [-0.2, -0.15) is 0 Å². The Labute approximate surface area is 137 Å². The van der Waals surface area contributed by atoms with Crippen LogP contribution in [0.4, 0.5) is 10.1 Å². The van der Waals surface area contributed by atoms with Crippen LogP contribution < -0.4 is 10.6 Å². The fourth-order valence-corrected chi connectivity index (χ4v) is 4.01. The number of nitrogens with one attached hydrogen (secondary N) is 2. The van der Waals surface area contributed by atoms with Gasteiger partial charge in [0.1, 0.15) is 5.82 Å². The van der Waals surface area contributed by atoms with Crippen LogP contribution in [0.15, 0.2) is 58.3 Å².